The Bertz CT molecular complexity index is 1440. The Kier molecular flexibility index (Phi) is 12.5. The highest BCUT2D eigenvalue weighted by atomic mass is 32.2. The fourth-order valence-corrected chi connectivity index (χ4v) is 7.11. The predicted octanol–water partition coefficient (Wildman–Crippen LogP) is 4.84. The van der Waals surface area contributed by atoms with E-state index in [0.717, 1.165) is 50.0 Å². The Morgan fingerprint density at radius 2 is 1.55 bits per heavy atom. The molecular weight excluding hydrogens is 616 g/mol. The van der Waals surface area contributed by atoms with Crippen LogP contribution in [0.4, 0.5) is 4.79 Å². The third-order valence-corrected chi connectivity index (χ3v) is 10.3. The molecule has 2 saturated heterocycles. The summed E-state index contributed by atoms with van der Waals surface area (Å²) in [4.78, 5) is 45.5. The van der Waals surface area contributed by atoms with Crippen LogP contribution in [0.1, 0.15) is 77.0 Å². The summed E-state index contributed by atoms with van der Waals surface area (Å²) >= 11 is 0. The average Bonchev–Trinajstić information content (AvgIpc) is 3.03. The molecule has 0 aromatic heterocycles. The quantitative estimate of drug-likeness (QED) is 0.364. The molecule has 10 nitrogen and oxygen atoms in total. The van der Waals surface area contributed by atoms with E-state index in [1.54, 1.807) is 29.2 Å². The van der Waals surface area contributed by atoms with Crippen LogP contribution in [0.2, 0.25) is 0 Å². The van der Waals surface area contributed by atoms with E-state index in [4.69, 9.17) is 4.74 Å². The number of hydrogen-bond donors (Lipinski definition) is 1. The Labute approximate surface area is 280 Å². The molecule has 3 amide bonds. The van der Waals surface area contributed by atoms with Gasteiger partial charge in [0.05, 0.1) is 17.4 Å². The molecule has 258 valence electrons. The summed E-state index contributed by atoms with van der Waals surface area (Å²) in [7, 11) is -3.27. The van der Waals surface area contributed by atoms with Crippen LogP contribution < -0.4 is 5.32 Å². The molecule has 1 atom stereocenters. The summed E-state index contributed by atoms with van der Waals surface area (Å²) in [5.74, 6) is -0.0582. The average molecular weight is 669 g/mol. The first-order valence-corrected chi connectivity index (χ1v) is 18.8. The number of nitrogens with zero attached hydrogens (tertiary/aromatic N) is 3. The first-order valence-electron chi connectivity index (χ1n) is 16.9. The minimum absolute atomic E-state index is 0.0319. The number of nitrogens with one attached hydrogen (secondary N) is 1. The predicted molar refractivity (Wildman–Crippen MR) is 183 cm³/mol. The number of sulfone groups is 1. The van der Waals surface area contributed by atoms with Crippen molar-refractivity contribution in [3.8, 4) is 0 Å². The van der Waals surface area contributed by atoms with Gasteiger partial charge in [0.15, 0.2) is 9.84 Å². The second-order valence-corrected chi connectivity index (χ2v) is 15.9. The lowest BCUT2D eigenvalue weighted by Gasteiger charge is -2.39. The van der Waals surface area contributed by atoms with E-state index in [9.17, 15) is 22.8 Å². The maximum Gasteiger partial charge on any atom is 0.410 e. The molecule has 0 aliphatic carbocycles. The van der Waals surface area contributed by atoms with E-state index in [0.29, 0.717) is 32.5 Å². The van der Waals surface area contributed by atoms with E-state index in [-0.39, 0.29) is 47.2 Å². The van der Waals surface area contributed by atoms with Crippen molar-refractivity contribution in [1.29, 1.82) is 0 Å². The summed E-state index contributed by atoms with van der Waals surface area (Å²) in [6, 6.07) is 16.7. The number of likely N-dealkylation sites (tertiary alicyclic amines) is 2. The normalized spacial score (nSPS) is 17.6. The van der Waals surface area contributed by atoms with Crippen molar-refractivity contribution in [1.82, 2.24) is 20.0 Å². The summed E-state index contributed by atoms with van der Waals surface area (Å²) in [6.45, 7) is 11.8. The Balaban J connectivity index is 1.27. The smallest absolute Gasteiger partial charge is 0.410 e. The fourth-order valence-electron chi connectivity index (χ4n) is 6.48. The highest BCUT2D eigenvalue weighted by molar-refractivity contribution is 7.90. The van der Waals surface area contributed by atoms with E-state index in [1.807, 2.05) is 50.8 Å². The molecule has 0 bridgehead atoms. The summed E-state index contributed by atoms with van der Waals surface area (Å²) < 4.78 is 29.0. The SMILES string of the molecule is CCN(C(=O)Cc1ccc(S(C)(=O)=O)cc1)C1CCN(CCC(NC(=O)C2CCN(C(=O)OC(C)(C)C)CC2)c2ccccc2)CC1. The van der Waals surface area contributed by atoms with Gasteiger partial charge in [0.2, 0.25) is 11.8 Å². The number of carbonyl (C=O) groups is 3. The molecule has 11 heteroatoms. The zero-order valence-corrected chi connectivity index (χ0v) is 29.4. The first kappa shape index (κ1) is 36.4. The van der Waals surface area contributed by atoms with Crippen molar-refractivity contribution in [3.63, 3.8) is 0 Å². The second-order valence-electron chi connectivity index (χ2n) is 13.8. The summed E-state index contributed by atoms with van der Waals surface area (Å²) in [5.41, 5.74) is 1.34. The molecule has 2 aliphatic rings. The lowest BCUT2D eigenvalue weighted by atomic mass is 9.94. The molecule has 4 rings (SSSR count). The van der Waals surface area contributed by atoms with Crippen LogP contribution in [0, 0.1) is 5.92 Å². The number of benzene rings is 2. The second kappa shape index (κ2) is 16.1. The fraction of sp³-hybridized carbons (Fsp3) is 0.583. The Morgan fingerprint density at radius 1 is 0.936 bits per heavy atom. The van der Waals surface area contributed by atoms with Crippen molar-refractivity contribution in [2.45, 2.75) is 88.8 Å². The molecule has 0 saturated carbocycles. The van der Waals surface area contributed by atoms with Crippen molar-refractivity contribution in [3.05, 3.63) is 65.7 Å². The number of rotatable bonds is 11. The number of ether oxygens (including phenoxy) is 1. The standard InChI is InChI=1S/C36H52N4O6S/c1-6-40(33(41)26-27-12-14-31(15-13-27)47(5,44)45)30-18-21-38(22-19-30)23-20-32(28-10-8-7-9-11-28)37-34(42)29-16-24-39(25-17-29)35(43)46-36(2,3)4/h7-15,29-30,32H,6,16-26H2,1-5H3,(H,37,42). The molecule has 2 heterocycles. The molecule has 47 heavy (non-hydrogen) atoms. The summed E-state index contributed by atoms with van der Waals surface area (Å²) in [6.07, 6.45) is 4.86. The van der Waals surface area contributed by atoms with E-state index in [2.05, 4.69) is 22.3 Å². The number of likely N-dealkylation sites (N-methyl/N-ethyl adjacent to an activating group) is 1. The molecule has 2 aromatic carbocycles. The van der Waals surface area contributed by atoms with Crippen LogP contribution in [0.5, 0.6) is 0 Å². The zero-order valence-electron chi connectivity index (χ0n) is 28.6. The zero-order chi connectivity index (χ0) is 34.2. The Morgan fingerprint density at radius 3 is 2.11 bits per heavy atom. The van der Waals surface area contributed by atoms with Crippen LogP contribution in [0.15, 0.2) is 59.5 Å². The van der Waals surface area contributed by atoms with Crippen LogP contribution in [0.25, 0.3) is 0 Å². The minimum atomic E-state index is -3.27. The highest BCUT2D eigenvalue weighted by Crippen LogP contribution is 2.25. The van der Waals surface area contributed by atoms with Gasteiger partial charge >= 0.3 is 6.09 Å². The van der Waals surface area contributed by atoms with Crippen molar-refractivity contribution in [2.75, 3.05) is 45.5 Å². The third-order valence-electron chi connectivity index (χ3n) is 9.14. The van der Waals surface area contributed by atoms with Gasteiger partial charge in [0.1, 0.15) is 5.60 Å². The summed E-state index contributed by atoms with van der Waals surface area (Å²) in [5, 5.41) is 3.32. The number of amides is 3. The van der Waals surface area contributed by atoms with Crippen molar-refractivity contribution >= 4 is 27.7 Å². The molecular formula is C36H52N4O6S. The van der Waals surface area contributed by atoms with Crippen molar-refractivity contribution in [2.24, 2.45) is 5.92 Å². The molecule has 1 N–H and O–H groups in total. The van der Waals surface area contributed by atoms with Gasteiger partial charge in [0.25, 0.3) is 0 Å². The number of piperidine rings is 2. The Hall–Kier alpha value is -3.44. The topological polar surface area (TPSA) is 116 Å². The van der Waals surface area contributed by atoms with Gasteiger partial charge < -0.3 is 24.8 Å². The maximum absolute atomic E-state index is 13.4. The van der Waals surface area contributed by atoms with Gasteiger partial charge in [-0.05, 0) is 83.1 Å². The first-order chi connectivity index (χ1) is 22.2. The van der Waals surface area contributed by atoms with E-state index < -0.39 is 15.4 Å². The lowest BCUT2D eigenvalue weighted by Crippen LogP contribution is -2.48. The molecule has 0 radical (unpaired) electrons. The highest BCUT2D eigenvalue weighted by Gasteiger charge is 2.32. The largest absolute Gasteiger partial charge is 0.444 e. The maximum atomic E-state index is 13.4. The lowest BCUT2D eigenvalue weighted by molar-refractivity contribution is -0.133. The van der Waals surface area contributed by atoms with E-state index >= 15 is 0 Å². The van der Waals surface area contributed by atoms with Crippen LogP contribution >= 0.6 is 0 Å². The van der Waals surface area contributed by atoms with Gasteiger partial charge in [-0.1, -0.05) is 42.5 Å². The van der Waals surface area contributed by atoms with Crippen molar-refractivity contribution < 1.29 is 27.5 Å². The van der Waals surface area contributed by atoms with Crippen LogP contribution in [-0.2, 0) is 30.6 Å². The molecule has 1 unspecified atom stereocenters. The molecule has 2 fully saturated rings. The van der Waals surface area contributed by atoms with Crippen LogP contribution in [-0.4, -0.2) is 98.2 Å². The minimum Gasteiger partial charge on any atom is -0.444 e. The van der Waals surface area contributed by atoms with Gasteiger partial charge in [-0.3, -0.25) is 9.59 Å². The number of carbonyl (C=O) groups excluding carboxylic acids is 3. The van der Waals surface area contributed by atoms with Gasteiger partial charge in [0, 0.05) is 57.5 Å². The van der Waals surface area contributed by atoms with Crippen LogP contribution in [0.3, 0.4) is 0 Å². The molecule has 2 aliphatic heterocycles. The monoisotopic (exact) mass is 668 g/mol. The van der Waals surface area contributed by atoms with Gasteiger partial charge in [-0.25, -0.2) is 13.2 Å². The number of hydrogen-bond acceptors (Lipinski definition) is 7. The molecule has 2 aromatic rings. The molecule has 0 spiro atoms. The van der Waals surface area contributed by atoms with Gasteiger partial charge in [-0.15, -0.1) is 0 Å². The van der Waals surface area contributed by atoms with E-state index in [1.165, 1.54) is 6.26 Å². The van der Waals surface area contributed by atoms with Gasteiger partial charge in [-0.2, -0.15) is 0 Å². The third kappa shape index (κ3) is 10.8.